The second-order valence-corrected chi connectivity index (χ2v) is 3.67. The molecule has 0 fully saturated rings. The maximum absolute atomic E-state index is 11.6. The molecule has 2 atom stereocenters. The van der Waals surface area contributed by atoms with E-state index in [1.807, 2.05) is 11.8 Å². The van der Waals surface area contributed by atoms with E-state index in [9.17, 15) is 4.79 Å². The van der Waals surface area contributed by atoms with Gasteiger partial charge in [0.25, 0.3) is 0 Å². The first-order chi connectivity index (χ1) is 6.08. The van der Waals surface area contributed by atoms with Crippen LogP contribution >= 0.6 is 0 Å². The van der Waals surface area contributed by atoms with Crippen molar-refractivity contribution in [1.29, 1.82) is 0 Å². The summed E-state index contributed by atoms with van der Waals surface area (Å²) in [5, 5.41) is 0. The summed E-state index contributed by atoms with van der Waals surface area (Å²) in [4.78, 5) is 13.7. The first-order valence-electron chi connectivity index (χ1n) is 5.39. The molecule has 0 aromatic heterocycles. The monoisotopic (exact) mass is 185 g/mol. The van der Waals surface area contributed by atoms with Crippen LogP contribution in [0.5, 0.6) is 0 Å². The number of hydrogen-bond donors (Lipinski definition) is 0. The molecule has 0 aromatic carbocycles. The molecule has 0 aliphatic carbocycles. The van der Waals surface area contributed by atoms with Crippen molar-refractivity contribution in [3.63, 3.8) is 0 Å². The van der Waals surface area contributed by atoms with Gasteiger partial charge in [0.15, 0.2) is 0 Å². The molecule has 0 radical (unpaired) electrons. The average Bonchev–Trinajstić information content (AvgIpc) is 2.16. The van der Waals surface area contributed by atoms with Crippen LogP contribution in [0.3, 0.4) is 0 Å². The fourth-order valence-electron chi connectivity index (χ4n) is 1.50. The van der Waals surface area contributed by atoms with Crippen LogP contribution in [0.4, 0.5) is 0 Å². The molecule has 1 amide bonds. The van der Waals surface area contributed by atoms with Crippen molar-refractivity contribution in [3.05, 3.63) is 0 Å². The van der Waals surface area contributed by atoms with Crippen molar-refractivity contribution in [2.24, 2.45) is 0 Å². The summed E-state index contributed by atoms with van der Waals surface area (Å²) in [6.45, 7) is 10.4. The lowest BCUT2D eigenvalue weighted by atomic mass is 10.1. The second-order valence-electron chi connectivity index (χ2n) is 3.67. The lowest BCUT2D eigenvalue weighted by Gasteiger charge is -2.33. The van der Waals surface area contributed by atoms with Gasteiger partial charge in [0, 0.05) is 18.5 Å². The second kappa shape index (κ2) is 6.01. The van der Waals surface area contributed by atoms with E-state index in [2.05, 4.69) is 27.7 Å². The Morgan fingerprint density at radius 2 is 1.46 bits per heavy atom. The standard InChI is InChI=1S/C11H23NO/c1-6-9(4)12(10(5)7-2)11(13)8-3/h9-10H,6-8H2,1-5H3. The molecule has 0 rings (SSSR count). The predicted octanol–water partition coefficient (Wildman–Crippen LogP) is 2.82. The van der Waals surface area contributed by atoms with Gasteiger partial charge in [-0.25, -0.2) is 0 Å². The number of amides is 1. The van der Waals surface area contributed by atoms with Crippen LogP contribution in [-0.2, 0) is 4.79 Å². The fraction of sp³-hybridized carbons (Fsp3) is 0.909. The van der Waals surface area contributed by atoms with Gasteiger partial charge in [-0.3, -0.25) is 4.79 Å². The molecule has 0 aliphatic rings. The van der Waals surface area contributed by atoms with E-state index in [0.717, 1.165) is 12.8 Å². The van der Waals surface area contributed by atoms with Crippen molar-refractivity contribution in [2.45, 2.75) is 66.0 Å². The van der Waals surface area contributed by atoms with Crippen molar-refractivity contribution in [3.8, 4) is 0 Å². The number of carbonyl (C=O) groups excluding carboxylic acids is 1. The summed E-state index contributed by atoms with van der Waals surface area (Å²) in [7, 11) is 0. The first-order valence-corrected chi connectivity index (χ1v) is 5.39. The third-order valence-electron chi connectivity index (χ3n) is 2.72. The maximum atomic E-state index is 11.6. The lowest BCUT2D eigenvalue weighted by Crippen LogP contribution is -2.43. The van der Waals surface area contributed by atoms with Crippen LogP contribution in [-0.4, -0.2) is 22.9 Å². The van der Waals surface area contributed by atoms with Crippen molar-refractivity contribution >= 4 is 5.91 Å². The van der Waals surface area contributed by atoms with Gasteiger partial charge in [-0.1, -0.05) is 20.8 Å². The largest absolute Gasteiger partial charge is 0.337 e. The molecule has 13 heavy (non-hydrogen) atoms. The Labute approximate surface area is 82.3 Å². The molecule has 0 heterocycles. The highest BCUT2D eigenvalue weighted by molar-refractivity contribution is 5.76. The van der Waals surface area contributed by atoms with Gasteiger partial charge in [0.05, 0.1) is 0 Å². The molecule has 78 valence electrons. The molecule has 0 aromatic rings. The zero-order valence-electron chi connectivity index (χ0n) is 9.63. The van der Waals surface area contributed by atoms with Crippen LogP contribution in [0.1, 0.15) is 53.9 Å². The van der Waals surface area contributed by atoms with E-state index < -0.39 is 0 Å². The molecular formula is C11H23NO. The number of hydrogen-bond acceptors (Lipinski definition) is 1. The molecule has 0 spiro atoms. The third kappa shape index (κ3) is 3.37. The Balaban J connectivity index is 4.44. The molecule has 0 saturated carbocycles. The summed E-state index contributed by atoms with van der Waals surface area (Å²) < 4.78 is 0. The van der Waals surface area contributed by atoms with Crippen LogP contribution in [0.25, 0.3) is 0 Å². The van der Waals surface area contributed by atoms with Crippen molar-refractivity contribution in [1.82, 2.24) is 4.90 Å². The van der Waals surface area contributed by atoms with Crippen molar-refractivity contribution < 1.29 is 4.79 Å². The van der Waals surface area contributed by atoms with Gasteiger partial charge in [0.1, 0.15) is 0 Å². The third-order valence-corrected chi connectivity index (χ3v) is 2.72. The first kappa shape index (κ1) is 12.5. The van der Waals surface area contributed by atoms with Crippen LogP contribution < -0.4 is 0 Å². The maximum Gasteiger partial charge on any atom is 0.222 e. The van der Waals surface area contributed by atoms with E-state index in [4.69, 9.17) is 0 Å². The fourth-order valence-corrected chi connectivity index (χ4v) is 1.50. The Hall–Kier alpha value is -0.530. The SMILES string of the molecule is CCC(=O)N(C(C)CC)C(C)CC. The average molecular weight is 185 g/mol. The van der Waals surface area contributed by atoms with Gasteiger partial charge in [0.2, 0.25) is 5.91 Å². The van der Waals surface area contributed by atoms with Crippen LogP contribution in [0.15, 0.2) is 0 Å². The van der Waals surface area contributed by atoms with Gasteiger partial charge in [-0.05, 0) is 26.7 Å². The highest BCUT2D eigenvalue weighted by atomic mass is 16.2. The normalized spacial score (nSPS) is 15.2. The van der Waals surface area contributed by atoms with E-state index in [0.29, 0.717) is 18.5 Å². The minimum absolute atomic E-state index is 0.281. The Bertz CT molecular complexity index is 146. The topological polar surface area (TPSA) is 20.3 Å². The van der Waals surface area contributed by atoms with E-state index in [1.165, 1.54) is 0 Å². The number of nitrogens with zero attached hydrogens (tertiary/aromatic N) is 1. The zero-order valence-corrected chi connectivity index (χ0v) is 9.63. The number of rotatable bonds is 5. The molecule has 0 bridgehead atoms. The van der Waals surface area contributed by atoms with Gasteiger partial charge in [-0.2, -0.15) is 0 Å². The molecular weight excluding hydrogens is 162 g/mol. The van der Waals surface area contributed by atoms with Gasteiger partial charge < -0.3 is 4.90 Å². The van der Waals surface area contributed by atoms with Crippen LogP contribution in [0.2, 0.25) is 0 Å². The van der Waals surface area contributed by atoms with E-state index in [-0.39, 0.29) is 5.91 Å². The lowest BCUT2D eigenvalue weighted by molar-refractivity contribution is -0.135. The number of carbonyl (C=O) groups is 1. The zero-order chi connectivity index (χ0) is 10.4. The van der Waals surface area contributed by atoms with Gasteiger partial charge >= 0.3 is 0 Å². The highest BCUT2D eigenvalue weighted by Gasteiger charge is 2.21. The Morgan fingerprint density at radius 3 is 1.69 bits per heavy atom. The highest BCUT2D eigenvalue weighted by Crippen LogP contribution is 2.12. The molecule has 0 saturated heterocycles. The summed E-state index contributed by atoms with van der Waals surface area (Å²) in [6, 6.07) is 0.754. The molecule has 0 aliphatic heterocycles. The minimum Gasteiger partial charge on any atom is -0.337 e. The van der Waals surface area contributed by atoms with E-state index >= 15 is 0 Å². The molecule has 2 heteroatoms. The minimum atomic E-state index is 0.281. The smallest absolute Gasteiger partial charge is 0.222 e. The summed E-state index contributed by atoms with van der Waals surface area (Å²) >= 11 is 0. The summed E-state index contributed by atoms with van der Waals surface area (Å²) in [6.07, 6.45) is 2.70. The molecule has 2 nitrogen and oxygen atoms in total. The predicted molar refractivity (Wildman–Crippen MR) is 56.6 cm³/mol. The van der Waals surface area contributed by atoms with E-state index in [1.54, 1.807) is 0 Å². The Morgan fingerprint density at radius 1 is 1.08 bits per heavy atom. The Kier molecular flexibility index (Phi) is 5.76. The summed E-state index contributed by atoms with van der Waals surface area (Å²) in [5.74, 6) is 0.281. The quantitative estimate of drug-likeness (QED) is 0.645. The molecule has 2 unspecified atom stereocenters. The van der Waals surface area contributed by atoms with Crippen LogP contribution in [0, 0.1) is 0 Å². The summed E-state index contributed by atoms with van der Waals surface area (Å²) in [5.41, 5.74) is 0. The molecule has 0 N–H and O–H groups in total. The van der Waals surface area contributed by atoms with Crippen molar-refractivity contribution in [2.75, 3.05) is 0 Å². The van der Waals surface area contributed by atoms with Gasteiger partial charge in [-0.15, -0.1) is 0 Å².